The molecule has 0 saturated carbocycles. The normalized spacial score (nSPS) is 10.5. The first kappa shape index (κ1) is 18.4. The Morgan fingerprint density at radius 3 is 2.54 bits per heavy atom. The summed E-state index contributed by atoms with van der Waals surface area (Å²) in [6, 6.07) is 4.83. The SMILES string of the molecule is CCNc1cc(Cl)cc(C(=O)NCc2c(Cl)[nH]c(C)cc2=O)c1C. The second kappa shape index (κ2) is 7.73. The zero-order valence-corrected chi connectivity index (χ0v) is 15.2. The van der Waals surface area contributed by atoms with E-state index in [1.165, 1.54) is 6.07 Å². The lowest BCUT2D eigenvalue weighted by Gasteiger charge is -2.14. The summed E-state index contributed by atoms with van der Waals surface area (Å²) in [5, 5.41) is 6.59. The number of rotatable bonds is 5. The van der Waals surface area contributed by atoms with E-state index in [1.807, 2.05) is 13.8 Å². The molecule has 1 aromatic heterocycles. The summed E-state index contributed by atoms with van der Waals surface area (Å²) in [6.07, 6.45) is 0. The molecule has 0 aliphatic heterocycles. The van der Waals surface area contributed by atoms with Crippen molar-refractivity contribution in [3.63, 3.8) is 0 Å². The Hall–Kier alpha value is -1.98. The van der Waals surface area contributed by atoms with Crippen molar-refractivity contribution in [1.29, 1.82) is 0 Å². The molecule has 1 heterocycles. The molecule has 128 valence electrons. The molecule has 2 rings (SSSR count). The molecule has 7 heteroatoms. The largest absolute Gasteiger partial charge is 0.385 e. The smallest absolute Gasteiger partial charge is 0.251 e. The molecule has 3 N–H and O–H groups in total. The van der Waals surface area contributed by atoms with E-state index >= 15 is 0 Å². The average Bonchev–Trinajstić information content (AvgIpc) is 2.49. The molecule has 0 aliphatic carbocycles. The van der Waals surface area contributed by atoms with Crippen molar-refractivity contribution >= 4 is 34.8 Å². The molecule has 0 aliphatic rings. The zero-order chi connectivity index (χ0) is 17.9. The van der Waals surface area contributed by atoms with Gasteiger partial charge in [0.05, 0.1) is 5.56 Å². The van der Waals surface area contributed by atoms with Gasteiger partial charge < -0.3 is 15.6 Å². The molecule has 0 saturated heterocycles. The van der Waals surface area contributed by atoms with Crippen LogP contribution >= 0.6 is 23.2 Å². The predicted molar refractivity (Wildman–Crippen MR) is 98.3 cm³/mol. The number of halogens is 2. The molecule has 24 heavy (non-hydrogen) atoms. The Morgan fingerprint density at radius 2 is 1.92 bits per heavy atom. The minimum Gasteiger partial charge on any atom is -0.385 e. The van der Waals surface area contributed by atoms with Crippen LogP contribution in [0, 0.1) is 13.8 Å². The van der Waals surface area contributed by atoms with Gasteiger partial charge in [0, 0.05) is 41.1 Å². The molecule has 0 fully saturated rings. The monoisotopic (exact) mass is 367 g/mol. The van der Waals surface area contributed by atoms with Crippen molar-refractivity contribution < 1.29 is 4.79 Å². The van der Waals surface area contributed by atoms with Gasteiger partial charge in [-0.3, -0.25) is 9.59 Å². The molecular formula is C17H19Cl2N3O2. The van der Waals surface area contributed by atoms with E-state index in [4.69, 9.17) is 23.2 Å². The van der Waals surface area contributed by atoms with Gasteiger partial charge >= 0.3 is 0 Å². The minimum absolute atomic E-state index is 0.0375. The van der Waals surface area contributed by atoms with Crippen molar-refractivity contribution in [3.8, 4) is 0 Å². The second-order valence-corrected chi connectivity index (χ2v) is 6.26. The summed E-state index contributed by atoms with van der Waals surface area (Å²) in [5.74, 6) is -0.315. The van der Waals surface area contributed by atoms with Crippen LogP contribution in [0.1, 0.15) is 34.1 Å². The number of anilines is 1. The summed E-state index contributed by atoms with van der Waals surface area (Å²) < 4.78 is 0. The summed E-state index contributed by atoms with van der Waals surface area (Å²) in [5.41, 5.74) is 2.83. The lowest BCUT2D eigenvalue weighted by Crippen LogP contribution is -2.27. The Labute approximate surface area is 150 Å². The molecular weight excluding hydrogens is 349 g/mol. The number of carbonyl (C=O) groups is 1. The second-order valence-electron chi connectivity index (χ2n) is 5.45. The van der Waals surface area contributed by atoms with Crippen LogP contribution in [-0.2, 0) is 6.54 Å². The van der Waals surface area contributed by atoms with Crippen molar-refractivity contribution in [2.24, 2.45) is 0 Å². The number of aryl methyl sites for hydroxylation is 1. The molecule has 0 bridgehead atoms. The van der Waals surface area contributed by atoms with Gasteiger partial charge in [-0.05, 0) is 38.5 Å². The van der Waals surface area contributed by atoms with Crippen LogP contribution in [0.15, 0.2) is 23.0 Å². The maximum absolute atomic E-state index is 12.5. The molecule has 1 aromatic carbocycles. The highest BCUT2D eigenvalue weighted by Crippen LogP contribution is 2.25. The van der Waals surface area contributed by atoms with Gasteiger partial charge in [-0.1, -0.05) is 23.2 Å². The lowest BCUT2D eigenvalue weighted by molar-refractivity contribution is 0.0950. The van der Waals surface area contributed by atoms with Crippen molar-refractivity contribution in [2.45, 2.75) is 27.3 Å². The fourth-order valence-electron chi connectivity index (χ4n) is 2.39. The Morgan fingerprint density at radius 1 is 1.21 bits per heavy atom. The van der Waals surface area contributed by atoms with Gasteiger partial charge in [0.15, 0.2) is 5.43 Å². The van der Waals surface area contributed by atoms with Crippen LogP contribution < -0.4 is 16.1 Å². The standard InChI is InChI=1S/C17H19Cl2N3O2/c1-4-20-14-7-11(18)6-12(10(14)3)17(24)21-8-13-15(23)5-9(2)22-16(13)19/h5-7,20H,4,8H2,1-3H3,(H,21,24)(H,22,23). The summed E-state index contributed by atoms with van der Waals surface area (Å²) in [7, 11) is 0. The summed E-state index contributed by atoms with van der Waals surface area (Å²) in [4.78, 5) is 27.3. The summed E-state index contributed by atoms with van der Waals surface area (Å²) >= 11 is 12.1. The van der Waals surface area contributed by atoms with Gasteiger partial charge in [-0.2, -0.15) is 0 Å². The molecule has 1 amide bonds. The fraction of sp³-hybridized carbons (Fsp3) is 0.294. The third kappa shape index (κ3) is 4.10. The van der Waals surface area contributed by atoms with Crippen LogP contribution in [0.2, 0.25) is 10.2 Å². The van der Waals surface area contributed by atoms with E-state index in [2.05, 4.69) is 15.6 Å². The Bertz CT molecular complexity index is 831. The van der Waals surface area contributed by atoms with E-state index in [0.29, 0.717) is 21.8 Å². The molecule has 5 nitrogen and oxygen atoms in total. The number of amides is 1. The highest BCUT2D eigenvalue weighted by molar-refractivity contribution is 6.31. The van der Waals surface area contributed by atoms with Crippen molar-refractivity contribution in [2.75, 3.05) is 11.9 Å². The van der Waals surface area contributed by atoms with E-state index in [1.54, 1.807) is 19.1 Å². The van der Waals surface area contributed by atoms with Crippen molar-refractivity contribution in [1.82, 2.24) is 10.3 Å². The first-order valence-corrected chi connectivity index (χ1v) is 8.29. The van der Waals surface area contributed by atoms with Crippen LogP contribution in [0.4, 0.5) is 5.69 Å². The van der Waals surface area contributed by atoms with E-state index in [-0.39, 0.29) is 23.0 Å². The number of aromatic amines is 1. The number of hydrogen-bond acceptors (Lipinski definition) is 3. The third-order valence-electron chi connectivity index (χ3n) is 3.63. The number of H-pyrrole nitrogens is 1. The highest BCUT2D eigenvalue weighted by atomic mass is 35.5. The summed E-state index contributed by atoms with van der Waals surface area (Å²) in [6.45, 7) is 6.31. The molecule has 0 spiro atoms. The lowest BCUT2D eigenvalue weighted by atomic mass is 10.1. The fourth-order valence-corrected chi connectivity index (χ4v) is 2.92. The Kier molecular flexibility index (Phi) is 5.91. The van der Waals surface area contributed by atoms with Gasteiger partial charge in [0.2, 0.25) is 0 Å². The molecule has 0 atom stereocenters. The topological polar surface area (TPSA) is 74.0 Å². The Balaban J connectivity index is 2.24. The maximum atomic E-state index is 12.5. The molecule has 0 unspecified atom stereocenters. The van der Waals surface area contributed by atoms with E-state index in [9.17, 15) is 9.59 Å². The maximum Gasteiger partial charge on any atom is 0.251 e. The first-order chi connectivity index (χ1) is 11.3. The van der Waals surface area contributed by atoms with Gasteiger partial charge in [0.25, 0.3) is 5.91 Å². The highest BCUT2D eigenvalue weighted by Gasteiger charge is 2.15. The number of nitrogens with one attached hydrogen (secondary N) is 3. The minimum atomic E-state index is -0.315. The van der Waals surface area contributed by atoms with Crippen LogP contribution in [0.5, 0.6) is 0 Å². The predicted octanol–water partition coefficient (Wildman–Crippen LogP) is 3.66. The van der Waals surface area contributed by atoms with Gasteiger partial charge in [0.1, 0.15) is 5.15 Å². The van der Waals surface area contributed by atoms with E-state index < -0.39 is 0 Å². The number of carbonyl (C=O) groups excluding carboxylic acids is 1. The number of aromatic nitrogens is 1. The molecule has 0 radical (unpaired) electrons. The van der Waals surface area contributed by atoms with E-state index in [0.717, 1.165) is 17.8 Å². The molecule has 2 aromatic rings. The van der Waals surface area contributed by atoms with Gasteiger partial charge in [-0.15, -0.1) is 0 Å². The number of benzene rings is 1. The number of hydrogen-bond donors (Lipinski definition) is 3. The van der Waals surface area contributed by atoms with Crippen LogP contribution in [0.25, 0.3) is 0 Å². The first-order valence-electron chi connectivity index (χ1n) is 7.54. The number of pyridine rings is 1. The van der Waals surface area contributed by atoms with Crippen molar-refractivity contribution in [3.05, 3.63) is 61.0 Å². The zero-order valence-electron chi connectivity index (χ0n) is 13.7. The van der Waals surface area contributed by atoms with Crippen LogP contribution in [-0.4, -0.2) is 17.4 Å². The van der Waals surface area contributed by atoms with Crippen LogP contribution in [0.3, 0.4) is 0 Å². The average molecular weight is 368 g/mol. The third-order valence-corrected chi connectivity index (χ3v) is 4.17. The quantitative estimate of drug-likeness (QED) is 0.705. The van der Waals surface area contributed by atoms with Gasteiger partial charge in [-0.25, -0.2) is 0 Å².